The van der Waals surface area contributed by atoms with Gasteiger partial charge < -0.3 is 5.11 Å². The predicted octanol–water partition coefficient (Wildman–Crippen LogP) is 0.853. The van der Waals surface area contributed by atoms with Crippen LogP contribution in [0.5, 0.6) is 0 Å². The molecule has 1 aromatic heterocycles. The molecular formula is C13H12N2O. The van der Waals surface area contributed by atoms with Gasteiger partial charge in [-0.1, -0.05) is 35.0 Å². The summed E-state index contributed by atoms with van der Waals surface area (Å²) >= 11 is 0. The first kappa shape index (κ1) is 10.4. The van der Waals surface area contributed by atoms with Crippen LogP contribution in [0.3, 0.4) is 0 Å². The summed E-state index contributed by atoms with van der Waals surface area (Å²) in [5.74, 6) is -0.236. The largest absolute Gasteiger partial charge is 0.854 e. The summed E-state index contributed by atoms with van der Waals surface area (Å²) < 4.78 is 1.58. The average molecular weight is 212 g/mol. The number of nitrogens with zero attached hydrogens (tertiary/aromatic N) is 2. The van der Waals surface area contributed by atoms with Gasteiger partial charge in [-0.25, -0.2) is 0 Å². The van der Waals surface area contributed by atoms with E-state index in [1.807, 2.05) is 43.3 Å². The lowest BCUT2D eigenvalue weighted by Crippen LogP contribution is -2.36. The first-order valence-corrected chi connectivity index (χ1v) is 5.06. The summed E-state index contributed by atoms with van der Waals surface area (Å²) in [6.45, 7) is 1.90. The van der Waals surface area contributed by atoms with Gasteiger partial charge in [0.1, 0.15) is 0 Å². The third-order valence-electron chi connectivity index (χ3n) is 2.26. The number of hydrogen-bond donors (Lipinski definition) is 0. The monoisotopic (exact) mass is 212 g/mol. The van der Waals surface area contributed by atoms with Gasteiger partial charge in [-0.15, -0.1) is 0 Å². The number of aromatic nitrogens is 1. The molecule has 16 heavy (non-hydrogen) atoms. The highest BCUT2D eigenvalue weighted by atomic mass is 16.3. The molecule has 0 N–H and O–H groups in total. The summed E-state index contributed by atoms with van der Waals surface area (Å²) in [4.78, 5) is 0. The fourth-order valence-electron chi connectivity index (χ4n) is 1.37. The summed E-state index contributed by atoms with van der Waals surface area (Å²) in [7, 11) is 0. The van der Waals surface area contributed by atoms with Crippen molar-refractivity contribution in [2.75, 3.05) is 0 Å². The van der Waals surface area contributed by atoms with Gasteiger partial charge in [0.05, 0.1) is 5.90 Å². The van der Waals surface area contributed by atoms with Gasteiger partial charge in [-0.05, 0) is 16.7 Å². The Balaban J connectivity index is 2.36. The minimum Gasteiger partial charge on any atom is -0.854 e. The minimum absolute atomic E-state index is 0.236. The molecule has 2 aromatic rings. The molecule has 0 saturated heterocycles. The van der Waals surface area contributed by atoms with Crippen LogP contribution in [0.15, 0.2) is 59.8 Å². The standard InChI is InChI=1S/C13H12N2O/c1-11-7-5-6-10-15(11)14-13(16)12-8-3-2-4-9-12/h2-10H,1H3. The van der Waals surface area contributed by atoms with E-state index in [2.05, 4.69) is 5.10 Å². The van der Waals surface area contributed by atoms with E-state index >= 15 is 0 Å². The number of benzene rings is 1. The smallest absolute Gasteiger partial charge is 0.211 e. The van der Waals surface area contributed by atoms with Crippen molar-refractivity contribution in [1.29, 1.82) is 0 Å². The van der Waals surface area contributed by atoms with E-state index in [1.54, 1.807) is 23.0 Å². The molecule has 0 unspecified atom stereocenters. The summed E-state index contributed by atoms with van der Waals surface area (Å²) in [6, 6.07) is 14.7. The third kappa shape index (κ3) is 2.25. The van der Waals surface area contributed by atoms with Crippen molar-refractivity contribution in [2.45, 2.75) is 6.92 Å². The molecule has 2 rings (SSSR count). The molecule has 1 heterocycles. The number of rotatable bonds is 2. The molecule has 0 atom stereocenters. The van der Waals surface area contributed by atoms with Crippen molar-refractivity contribution in [3.05, 3.63) is 66.0 Å². The number of hydrogen-bond acceptors (Lipinski definition) is 2. The van der Waals surface area contributed by atoms with Gasteiger partial charge in [0, 0.05) is 19.1 Å². The lowest BCUT2D eigenvalue weighted by Gasteiger charge is -2.06. The Kier molecular flexibility index (Phi) is 2.96. The highest BCUT2D eigenvalue weighted by Crippen LogP contribution is 1.97. The Morgan fingerprint density at radius 3 is 2.44 bits per heavy atom. The molecule has 0 saturated carbocycles. The maximum atomic E-state index is 11.8. The van der Waals surface area contributed by atoms with E-state index < -0.39 is 0 Å². The molecular weight excluding hydrogens is 200 g/mol. The average Bonchev–Trinajstić information content (AvgIpc) is 2.33. The zero-order chi connectivity index (χ0) is 11.4. The van der Waals surface area contributed by atoms with Crippen molar-refractivity contribution in [3.63, 3.8) is 0 Å². The van der Waals surface area contributed by atoms with E-state index in [0.29, 0.717) is 5.56 Å². The molecule has 0 spiro atoms. The van der Waals surface area contributed by atoms with Crippen LogP contribution in [0.1, 0.15) is 11.3 Å². The molecule has 0 aliphatic carbocycles. The molecule has 0 aliphatic heterocycles. The zero-order valence-electron chi connectivity index (χ0n) is 9.00. The summed E-state index contributed by atoms with van der Waals surface area (Å²) in [5, 5.41) is 15.8. The van der Waals surface area contributed by atoms with Crippen molar-refractivity contribution in [1.82, 2.24) is 0 Å². The van der Waals surface area contributed by atoms with Crippen LogP contribution in [0.2, 0.25) is 0 Å². The SMILES string of the molecule is Cc1cccc[n+]1/N=C(\[O-])c1ccccc1. The maximum Gasteiger partial charge on any atom is 0.211 e. The minimum atomic E-state index is -0.236. The van der Waals surface area contributed by atoms with Crippen molar-refractivity contribution in [3.8, 4) is 0 Å². The van der Waals surface area contributed by atoms with Gasteiger partial charge >= 0.3 is 0 Å². The van der Waals surface area contributed by atoms with Crippen LogP contribution in [-0.2, 0) is 0 Å². The maximum absolute atomic E-state index is 11.8. The highest BCUT2D eigenvalue weighted by molar-refractivity contribution is 5.89. The summed E-state index contributed by atoms with van der Waals surface area (Å²) in [6.07, 6.45) is 1.76. The lowest BCUT2D eigenvalue weighted by atomic mass is 10.2. The van der Waals surface area contributed by atoms with Gasteiger partial charge in [0.15, 0.2) is 0 Å². The molecule has 0 bridgehead atoms. The second-order valence-corrected chi connectivity index (χ2v) is 3.46. The Morgan fingerprint density at radius 2 is 1.75 bits per heavy atom. The summed E-state index contributed by atoms with van der Waals surface area (Å²) in [5.41, 5.74) is 1.52. The van der Waals surface area contributed by atoms with Crippen molar-refractivity contribution in [2.24, 2.45) is 5.10 Å². The third-order valence-corrected chi connectivity index (χ3v) is 2.26. The molecule has 0 fully saturated rings. The van der Waals surface area contributed by atoms with Gasteiger partial charge in [-0.2, -0.15) is 0 Å². The van der Waals surface area contributed by atoms with Crippen LogP contribution in [0, 0.1) is 6.92 Å². The molecule has 3 heteroatoms. The molecule has 1 aromatic carbocycles. The molecule has 0 radical (unpaired) electrons. The van der Waals surface area contributed by atoms with Gasteiger partial charge in [0.2, 0.25) is 11.9 Å². The number of aryl methyl sites for hydroxylation is 1. The van der Waals surface area contributed by atoms with Gasteiger partial charge in [-0.3, -0.25) is 0 Å². The molecule has 0 aliphatic rings. The van der Waals surface area contributed by atoms with Crippen LogP contribution in [0.4, 0.5) is 0 Å². The Labute approximate surface area is 94.3 Å². The molecule has 80 valence electrons. The first-order chi connectivity index (χ1) is 7.77. The number of pyridine rings is 1. The van der Waals surface area contributed by atoms with Crippen molar-refractivity contribution >= 4 is 5.90 Å². The quantitative estimate of drug-likeness (QED) is 0.413. The van der Waals surface area contributed by atoms with E-state index in [4.69, 9.17) is 0 Å². The molecule has 3 nitrogen and oxygen atoms in total. The second kappa shape index (κ2) is 4.57. The van der Waals surface area contributed by atoms with E-state index in [-0.39, 0.29) is 5.90 Å². The Bertz CT molecular complexity index is 506. The van der Waals surface area contributed by atoms with Gasteiger partial charge in [0.25, 0.3) is 0 Å². The fraction of sp³-hybridized carbons (Fsp3) is 0.0769. The fourth-order valence-corrected chi connectivity index (χ4v) is 1.37. The Hall–Kier alpha value is -2.16. The van der Waals surface area contributed by atoms with Crippen LogP contribution in [-0.4, -0.2) is 5.90 Å². The van der Waals surface area contributed by atoms with Crippen LogP contribution >= 0.6 is 0 Å². The second-order valence-electron chi connectivity index (χ2n) is 3.46. The van der Waals surface area contributed by atoms with E-state index in [0.717, 1.165) is 5.69 Å². The first-order valence-electron chi connectivity index (χ1n) is 5.06. The van der Waals surface area contributed by atoms with Crippen molar-refractivity contribution < 1.29 is 9.78 Å². The highest BCUT2D eigenvalue weighted by Gasteiger charge is 2.02. The van der Waals surface area contributed by atoms with Crippen LogP contribution < -0.4 is 9.78 Å². The lowest BCUT2D eigenvalue weighted by molar-refractivity contribution is -0.687. The normalized spacial score (nSPS) is 11.4. The predicted molar refractivity (Wildman–Crippen MR) is 59.8 cm³/mol. The van der Waals surface area contributed by atoms with Crippen LogP contribution in [0.25, 0.3) is 0 Å². The topological polar surface area (TPSA) is 39.3 Å². The van der Waals surface area contributed by atoms with E-state index in [1.165, 1.54) is 0 Å². The Morgan fingerprint density at radius 1 is 1.06 bits per heavy atom. The zero-order valence-corrected chi connectivity index (χ0v) is 9.00. The molecule has 0 amide bonds. The van der Waals surface area contributed by atoms with E-state index in [9.17, 15) is 5.11 Å².